The Hall–Kier alpha value is -0.790. The molecule has 0 unspecified atom stereocenters. The fourth-order valence-corrected chi connectivity index (χ4v) is 2.06. The van der Waals surface area contributed by atoms with E-state index in [0.717, 1.165) is 19.3 Å². The molecule has 2 heteroatoms. The second-order valence-corrected chi connectivity index (χ2v) is 6.15. The molecule has 0 amide bonds. The van der Waals surface area contributed by atoms with Crippen LogP contribution in [-0.4, -0.2) is 12.6 Å². The van der Waals surface area contributed by atoms with Crippen LogP contribution in [0.15, 0.2) is 12.2 Å². The van der Waals surface area contributed by atoms with Crippen molar-refractivity contribution in [2.75, 3.05) is 6.61 Å². The van der Waals surface area contributed by atoms with E-state index in [4.69, 9.17) is 4.74 Å². The minimum absolute atomic E-state index is 0.200. The van der Waals surface area contributed by atoms with Crippen molar-refractivity contribution in [2.45, 2.75) is 85.0 Å². The van der Waals surface area contributed by atoms with E-state index < -0.39 is 0 Å². The van der Waals surface area contributed by atoms with Crippen molar-refractivity contribution < 1.29 is 9.53 Å². The quantitative estimate of drug-likeness (QED) is 0.247. The van der Waals surface area contributed by atoms with Gasteiger partial charge in [0.05, 0.1) is 6.61 Å². The lowest BCUT2D eigenvalue weighted by molar-refractivity contribution is -0.139. The van der Waals surface area contributed by atoms with E-state index >= 15 is 0 Å². The molecule has 0 aliphatic carbocycles. The van der Waals surface area contributed by atoms with Gasteiger partial charge in [-0.25, -0.2) is 4.79 Å². The number of hydrogen-bond acceptors (Lipinski definition) is 2. The van der Waals surface area contributed by atoms with Crippen LogP contribution in [0.25, 0.3) is 0 Å². The van der Waals surface area contributed by atoms with Crippen LogP contribution in [-0.2, 0) is 9.53 Å². The predicted octanol–water partition coefficient (Wildman–Crippen LogP) is 5.66. The Kier molecular flexibility index (Phi) is 12.7. The van der Waals surface area contributed by atoms with Crippen molar-refractivity contribution in [1.29, 1.82) is 0 Å². The first kappa shape index (κ1) is 19.2. The summed E-state index contributed by atoms with van der Waals surface area (Å²) < 4.78 is 5.20. The number of rotatable bonds is 13. The lowest BCUT2D eigenvalue weighted by atomic mass is 10.1. The predicted molar refractivity (Wildman–Crippen MR) is 86.8 cm³/mol. The zero-order valence-corrected chi connectivity index (χ0v) is 13.9. The van der Waals surface area contributed by atoms with E-state index in [2.05, 4.69) is 27.4 Å². The second-order valence-electron chi connectivity index (χ2n) is 6.15. The molecule has 0 aliphatic heterocycles. The van der Waals surface area contributed by atoms with Gasteiger partial charge in [0.25, 0.3) is 0 Å². The minimum atomic E-state index is -0.200. The third-order valence-corrected chi connectivity index (χ3v) is 3.55. The number of hydrogen-bond donors (Lipinski definition) is 0. The Balaban J connectivity index is 3.41. The van der Waals surface area contributed by atoms with Crippen LogP contribution in [0.4, 0.5) is 0 Å². The number of carbonyl (C=O) groups excluding carboxylic acids is 1. The largest absolute Gasteiger partial charge is 0.462 e. The lowest BCUT2D eigenvalue weighted by Gasteiger charge is -2.08. The first-order valence-electron chi connectivity index (χ1n) is 8.42. The molecule has 0 fully saturated rings. The van der Waals surface area contributed by atoms with Crippen molar-refractivity contribution in [1.82, 2.24) is 0 Å². The van der Waals surface area contributed by atoms with Crippen LogP contribution in [0, 0.1) is 5.92 Å². The number of unbranched alkanes of at least 4 members (excludes halogenated alkanes) is 7. The lowest BCUT2D eigenvalue weighted by Crippen LogP contribution is -2.09. The summed E-state index contributed by atoms with van der Waals surface area (Å²) in [7, 11) is 0. The Morgan fingerprint density at radius 1 is 1.00 bits per heavy atom. The molecule has 0 saturated heterocycles. The van der Waals surface area contributed by atoms with Crippen LogP contribution >= 0.6 is 0 Å². The van der Waals surface area contributed by atoms with Gasteiger partial charge in [0.15, 0.2) is 0 Å². The summed E-state index contributed by atoms with van der Waals surface area (Å²) in [6.45, 7) is 10.9. The molecule has 0 radical (unpaired) electrons. The van der Waals surface area contributed by atoms with Crippen LogP contribution in [0.1, 0.15) is 85.0 Å². The highest BCUT2D eigenvalue weighted by Gasteiger charge is 2.08. The fourth-order valence-electron chi connectivity index (χ4n) is 2.06. The van der Waals surface area contributed by atoms with E-state index in [1.165, 1.54) is 44.9 Å². The summed E-state index contributed by atoms with van der Waals surface area (Å²) >= 11 is 0. The van der Waals surface area contributed by atoms with E-state index in [-0.39, 0.29) is 5.97 Å². The summed E-state index contributed by atoms with van der Waals surface area (Å²) in [6, 6.07) is 0. The molecule has 118 valence electrons. The molecule has 0 aromatic carbocycles. The number of esters is 1. The van der Waals surface area contributed by atoms with Gasteiger partial charge in [0, 0.05) is 5.57 Å². The molecule has 0 rings (SSSR count). The van der Waals surface area contributed by atoms with Gasteiger partial charge >= 0.3 is 5.97 Å². The fraction of sp³-hybridized carbons (Fsp3) is 0.833. The van der Waals surface area contributed by atoms with Crippen LogP contribution < -0.4 is 0 Å². The summed E-state index contributed by atoms with van der Waals surface area (Å²) in [6.07, 6.45) is 12.0. The van der Waals surface area contributed by atoms with E-state index in [1.807, 2.05) is 0 Å². The third-order valence-electron chi connectivity index (χ3n) is 3.55. The van der Waals surface area contributed by atoms with E-state index in [9.17, 15) is 4.79 Å². The maximum Gasteiger partial charge on any atom is 0.333 e. The van der Waals surface area contributed by atoms with Crippen molar-refractivity contribution in [3.05, 3.63) is 12.2 Å². The highest BCUT2D eigenvalue weighted by atomic mass is 16.5. The van der Waals surface area contributed by atoms with E-state index in [1.54, 1.807) is 0 Å². The SMILES string of the molecule is C=C(CCCCCCCCCC)C(=O)OCCC(C)C. The first-order valence-corrected chi connectivity index (χ1v) is 8.42. The van der Waals surface area contributed by atoms with Crippen LogP contribution in [0.3, 0.4) is 0 Å². The van der Waals surface area contributed by atoms with Crippen molar-refractivity contribution in [3.63, 3.8) is 0 Å². The smallest absolute Gasteiger partial charge is 0.333 e. The molecular weight excluding hydrogens is 248 g/mol. The Bertz CT molecular complexity index is 256. The average Bonchev–Trinajstić information content (AvgIpc) is 2.41. The minimum Gasteiger partial charge on any atom is -0.462 e. The topological polar surface area (TPSA) is 26.3 Å². The Morgan fingerprint density at radius 3 is 2.10 bits per heavy atom. The maximum atomic E-state index is 11.6. The third kappa shape index (κ3) is 12.3. The first-order chi connectivity index (χ1) is 9.57. The molecule has 0 heterocycles. The molecule has 0 aliphatic rings. The highest BCUT2D eigenvalue weighted by molar-refractivity contribution is 5.87. The van der Waals surface area contributed by atoms with Crippen LogP contribution in [0.5, 0.6) is 0 Å². The molecule has 0 bridgehead atoms. The second kappa shape index (κ2) is 13.2. The summed E-state index contributed by atoms with van der Waals surface area (Å²) in [5.41, 5.74) is 0.639. The molecule has 0 spiro atoms. The van der Waals surface area contributed by atoms with Gasteiger partial charge in [-0.2, -0.15) is 0 Å². The number of ether oxygens (including phenoxy) is 1. The molecule has 20 heavy (non-hydrogen) atoms. The van der Waals surface area contributed by atoms with Crippen molar-refractivity contribution in [3.8, 4) is 0 Å². The molecule has 0 N–H and O–H groups in total. The van der Waals surface area contributed by atoms with Gasteiger partial charge in [-0.3, -0.25) is 0 Å². The maximum absolute atomic E-state index is 11.6. The average molecular weight is 282 g/mol. The summed E-state index contributed by atoms with van der Waals surface area (Å²) in [5, 5.41) is 0. The van der Waals surface area contributed by atoms with Crippen LogP contribution in [0.2, 0.25) is 0 Å². The normalized spacial score (nSPS) is 10.8. The highest BCUT2D eigenvalue weighted by Crippen LogP contribution is 2.13. The molecule has 0 atom stereocenters. The molecule has 0 aromatic heterocycles. The molecule has 0 aromatic rings. The van der Waals surface area contributed by atoms with Gasteiger partial charge < -0.3 is 4.74 Å². The van der Waals surface area contributed by atoms with Crippen molar-refractivity contribution in [2.24, 2.45) is 5.92 Å². The summed E-state index contributed by atoms with van der Waals surface area (Å²) in [5.74, 6) is 0.373. The zero-order valence-electron chi connectivity index (χ0n) is 13.9. The van der Waals surface area contributed by atoms with Gasteiger partial charge in [-0.05, 0) is 25.2 Å². The molecule has 0 saturated carbocycles. The van der Waals surface area contributed by atoms with E-state index in [0.29, 0.717) is 18.1 Å². The number of carbonyl (C=O) groups is 1. The molecule has 2 nitrogen and oxygen atoms in total. The zero-order chi connectivity index (χ0) is 15.2. The van der Waals surface area contributed by atoms with Gasteiger partial charge in [-0.1, -0.05) is 72.3 Å². The van der Waals surface area contributed by atoms with Gasteiger partial charge in [0.2, 0.25) is 0 Å². The summed E-state index contributed by atoms with van der Waals surface area (Å²) in [4.78, 5) is 11.6. The molecular formula is C18H34O2. The van der Waals surface area contributed by atoms with Gasteiger partial charge in [-0.15, -0.1) is 0 Å². The monoisotopic (exact) mass is 282 g/mol. The standard InChI is InChI=1S/C18H34O2/c1-5-6-7-8-9-10-11-12-13-17(4)18(19)20-15-14-16(2)3/h16H,4-15H2,1-3H3. The van der Waals surface area contributed by atoms with Gasteiger partial charge in [0.1, 0.15) is 0 Å². The Morgan fingerprint density at radius 2 is 1.55 bits per heavy atom. The Labute approximate surface area is 126 Å². The van der Waals surface area contributed by atoms with Crippen molar-refractivity contribution >= 4 is 5.97 Å².